The zero-order chi connectivity index (χ0) is 14.1. The van der Waals surface area contributed by atoms with E-state index in [0.29, 0.717) is 12.8 Å². The highest BCUT2D eigenvalue weighted by Crippen LogP contribution is 2.37. The van der Waals surface area contributed by atoms with Crippen molar-refractivity contribution in [2.24, 2.45) is 0 Å². The third kappa shape index (κ3) is 2.25. The molecule has 0 saturated carbocycles. The monoisotopic (exact) mass is 270 g/mol. The van der Waals surface area contributed by atoms with Crippen LogP contribution in [0.15, 0.2) is 30.7 Å². The van der Waals surface area contributed by atoms with E-state index in [2.05, 4.69) is 19.9 Å². The van der Waals surface area contributed by atoms with Crippen molar-refractivity contribution in [2.45, 2.75) is 31.8 Å². The highest BCUT2D eigenvalue weighted by molar-refractivity contribution is 5.80. The van der Waals surface area contributed by atoms with Crippen molar-refractivity contribution in [3.05, 3.63) is 47.8 Å². The fraction of sp³-hybridized carbons (Fsp3) is 0.400. The lowest BCUT2D eigenvalue weighted by molar-refractivity contribution is -0.125. The number of pyridine rings is 1. The molecule has 2 atom stereocenters. The minimum Gasteiger partial charge on any atom is -0.347 e. The second-order valence-corrected chi connectivity index (χ2v) is 5.32. The molecule has 1 aliphatic rings. The number of likely N-dealkylation sites (tertiary alicyclic amines) is 1. The Kier molecular flexibility index (Phi) is 3.36. The van der Waals surface area contributed by atoms with E-state index in [-0.39, 0.29) is 17.9 Å². The molecule has 2 aromatic heterocycles. The Labute approximate surface area is 118 Å². The van der Waals surface area contributed by atoms with Crippen LogP contribution in [0.2, 0.25) is 0 Å². The van der Waals surface area contributed by atoms with E-state index in [1.54, 1.807) is 18.6 Å². The minimum absolute atomic E-state index is 0.00217. The second-order valence-electron chi connectivity index (χ2n) is 5.32. The van der Waals surface area contributed by atoms with E-state index in [1.807, 2.05) is 26.1 Å². The Balaban J connectivity index is 1.95. The molecule has 20 heavy (non-hydrogen) atoms. The molecule has 0 amide bonds. The normalized spacial score (nSPS) is 24.0. The predicted molar refractivity (Wildman–Crippen MR) is 75.0 cm³/mol. The lowest BCUT2D eigenvalue weighted by atomic mass is 9.91. The first-order valence-corrected chi connectivity index (χ1v) is 6.81. The van der Waals surface area contributed by atoms with Crippen molar-refractivity contribution in [1.82, 2.24) is 19.9 Å². The Morgan fingerprint density at radius 1 is 1.25 bits per heavy atom. The number of aryl methyl sites for hydroxylation is 1. The van der Waals surface area contributed by atoms with Crippen LogP contribution < -0.4 is 0 Å². The molecule has 0 aliphatic carbocycles. The number of carbonyl (C=O) groups excluding carboxylic acids is 1. The van der Waals surface area contributed by atoms with Crippen LogP contribution in [0, 0.1) is 6.92 Å². The van der Waals surface area contributed by atoms with Gasteiger partial charge in [-0.1, -0.05) is 6.07 Å². The van der Waals surface area contributed by atoms with Crippen molar-refractivity contribution in [3.63, 3.8) is 0 Å². The molecule has 2 aromatic rings. The molecule has 1 N–H and O–H groups in total. The molecular weight excluding hydrogens is 252 g/mol. The smallest absolute Gasteiger partial charge is 0.136 e. The van der Waals surface area contributed by atoms with E-state index in [4.69, 9.17) is 0 Å². The van der Waals surface area contributed by atoms with Gasteiger partial charge in [-0.15, -0.1) is 0 Å². The lowest BCUT2D eigenvalue weighted by Crippen LogP contribution is -2.38. The van der Waals surface area contributed by atoms with Crippen LogP contribution in [0.1, 0.15) is 42.0 Å². The van der Waals surface area contributed by atoms with E-state index in [0.717, 1.165) is 17.1 Å². The molecule has 0 bridgehead atoms. The Morgan fingerprint density at radius 2 is 2.05 bits per heavy atom. The summed E-state index contributed by atoms with van der Waals surface area (Å²) in [5.41, 5.74) is 2.11. The third-order valence-corrected chi connectivity index (χ3v) is 4.03. The molecule has 2 unspecified atom stereocenters. The highest BCUT2D eigenvalue weighted by Gasteiger charge is 2.36. The SMILES string of the molecule is Cc1cccnc1C1CC(=O)CC(c2ncc[nH]2)N1C. The molecule has 3 rings (SSSR count). The molecule has 1 saturated heterocycles. The van der Waals surface area contributed by atoms with Crippen molar-refractivity contribution >= 4 is 5.78 Å². The first-order valence-electron chi connectivity index (χ1n) is 6.81. The summed E-state index contributed by atoms with van der Waals surface area (Å²) in [6, 6.07) is 3.98. The van der Waals surface area contributed by atoms with Gasteiger partial charge in [-0.25, -0.2) is 4.98 Å². The molecule has 0 spiro atoms. The molecule has 0 radical (unpaired) electrons. The van der Waals surface area contributed by atoms with Gasteiger partial charge in [-0.2, -0.15) is 0 Å². The Morgan fingerprint density at radius 3 is 2.75 bits per heavy atom. The van der Waals surface area contributed by atoms with Crippen LogP contribution in [0.5, 0.6) is 0 Å². The summed E-state index contributed by atoms with van der Waals surface area (Å²) >= 11 is 0. The summed E-state index contributed by atoms with van der Waals surface area (Å²) in [4.78, 5) is 26.2. The standard InChI is InChI=1S/C15H18N4O/c1-10-4-3-5-16-14(10)12-8-11(20)9-13(19(12)2)15-17-6-7-18-15/h3-7,12-13H,8-9H2,1-2H3,(H,17,18). The second kappa shape index (κ2) is 5.17. The number of hydrogen-bond donors (Lipinski definition) is 1. The van der Waals surface area contributed by atoms with Crippen molar-refractivity contribution in [2.75, 3.05) is 7.05 Å². The quantitative estimate of drug-likeness (QED) is 0.908. The Hall–Kier alpha value is -2.01. The third-order valence-electron chi connectivity index (χ3n) is 4.03. The van der Waals surface area contributed by atoms with Crippen LogP contribution in [-0.4, -0.2) is 32.7 Å². The van der Waals surface area contributed by atoms with E-state index >= 15 is 0 Å². The van der Waals surface area contributed by atoms with Gasteiger partial charge in [0.1, 0.15) is 11.6 Å². The van der Waals surface area contributed by atoms with E-state index in [9.17, 15) is 4.79 Å². The van der Waals surface area contributed by atoms with Gasteiger partial charge in [-0.3, -0.25) is 14.7 Å². The lowest BCUT2D eigenvalue weighted by Gasteiger charge is -2.38. The summed E-state index contributed by atoms with van der Waals surface area (Å²) < 4.78 is 0. The number of hydrogen-bond acceptors (Lipinski definition) is 4. The fourth-order valence-electron chi connectivity index (χ4n) is 2.91. The fourth-order valence-corrected chi connectivity index (χ4v) is 2.91. The number of aromatic nitrogens is 3. The number of nitrogens with zero attached hydrogens (tertiary/aromatic N) is 3. The summed E-state index contributed by atoms with van der Waals surface area (Å²) in [6.45, 7) is 2.04. The summed E-state index contributed by atoms with van der Waals surface area (Å²) in [5.74, 6) is 1.11. The predicted octanol–water partition coefficient (Wildman–Crippen LogP) is 2.19. The largest absolute Gasteiger partial charge is 0.347 e. The number of imidazole rings is 1. The molecular formula is C15H18N4O. The molecule has 1 fully saturated rings. The molecule has 5 heteroatoms. The number of rotatable bonds is 2. The number of aromatic amines is 1. The van der Waals surface area contributed by atoms with Crippen molar-refractivity contribution in [1.29, 1.82) is 0 Å². The zero-order valence-electron chi connectivity index (χ0n) is 11.7. The van der Waals surface area contributed by atoms with Crippen LogP contribution in [0.3, 0.4) is 0 Å². The van der Waals surface area contributed by atoms with Gasteiger partial charge >= 0.3 is 0 Å². The maximum absolute atomic E-state index is 12.1. The topological polar surface area (TPSA) is 61.9 Å². The maximum atomic E-state index is 12.1. The van der Waals surface area contributed by atoms with Crippen LogP contribution >= 0.6 is 0 Å². The van der Waals surface area contributed by atoms with Gasteiger partial charge < -0.3 is 4.98 Å². The van der Waals surface area contributed by atoms with Gasteiger partial charge in [0.25, 0.3) is 0 Å². The molecule has 1 aliphatic heterocycles. The number of piperidine rings is 1. The number of ketones is 1. The number of nitrogens with one attached hydrogen (secondary N) is 1. The number of Topliss-reactive ketones (excluding diaryl/α,β-unsaturated/α-hetero) is 1. The van der Waals surface area contributed by atoms with Gasteiger partial charge in [0.05, 0.1) is 17.8 Å². The van der Waals surface area contributed by atoms with Crippen LogP contribution in [0.4, 0.5) is 0 Å². The van der Waals surface area contributed by atoms with Gasteiger partial charge in [-0.05, 0) is 25.6 Å². The summed E-state index contributed by atoms with van der Waals surface area (Å²) in [5, 5.41) is 0. The van der Waals surface area contributed by atoms with Crippen molar-refractivity contribution in [3.8, 4) is 0 Å². The summed E-state index contributed by atoms with van der Waals surface area (Å²) in [6.07, 6.45) is 6.33. The average Bonchev–Trinajstić information content (AvgIpc) is 2.96. The average molecular weight is 270 g/mol. The first kappa shape index (κ1) is 13.0. The van der Waals surface area contributed by atoms with Crippen molar-refractivity contribution < 1.29 is 4.79 Å². The number of carbonyl (C=O) groups is 1. The summed E-state index contributed by atoms with van der Waals surface area (Å²) in [7, 11) is 2.04. The molecule has 3 heterocycles. The first-order chi connectivity index (χ1) is 9.66. The van der Waals surface area contributed by atoms with E-state index in [1.165, 1.54) is 0 Å². The van der Waals surface area contributed by atoms with Gasteiger partial charge in [0.15, 0.2) is 0 Å². The van der Waals surface area contributed by atoms with Crippen LogP contribution in [-0.2, 0) is 4.79 Å². The number of H-pyrrole nitrogens is 1. The maximum Gasteiger partial charge on any atom is 0.136 e. The highest BCUT2D eigenvalue weighted by atomic mass is 16.1. The minimum atomic E-state index is -0.00217. The van der Waals surface area contributed by atoms with Gasteiger partial charge in [0.2, 0.25) is 0 Å². The van der Waals surface area contributed by atoms with E-state index < -0.39 is 0 Å². The van der Waals surface area contributed by atoms with Gasteiger partial charge in [0, 0.05) is 31.4 Å². The Bertz CT molecular complexity index is 608. The molecule has 0 aromatic carbocycles. The zero-order valence-corrected chi connectivity index (χ0v) is 11.7. The molecule has 5 nitrogen and oxygen atoms in total. The molecule has 104 valence electrons. The van der Waals surface area contributed by atoms with Crippen LogP contribution in [0.25, 0.3) is 0 Å².